The van der Waals surface area contributed by atoms with Crippen LogP contribution in [0.4, 0.5) is 0 Å². The van der Waals surface area contributed by atoms with E-state index in [1.165, 1.54) is 0 Å². The lowest BCUT2D eigenvalue weighted by atomic mass is 10.4. The van der Waals surface area contributed by atoms with E-state index in [-0.39, 0.29) is 13.2 Å². The Morgan fingerprint density at radius 1 is 1.47 bits per heavy atom. The SMILES string of the molecule is CC(N1CCNCC1)S(=O)(=O)OCCO. The van der Waals surface area contributed by atoms with Gasteiger partial charge in [-0.15, -0.1) is 0 Å². The largest absolute Gasteiger partial charge is 0.394 e. The molecule has 1 rings (SSSR count). The number of hydrogen-bond donors (Lipinski definition) is 2. The zero-order chi connectivity index (χ0) is 11.3. The zero-order valence-electron chi connectivity index (χ0n) is 8.85. The van der Waals surface area contributed by atoms with Gasteiger partial charge in [0.15, 0.2) is 0 Å². The molecule has 90 valence electrons. The lowest BCUT2D eigenvalue weighted by Gasteiger charge is -2.31. The predicted molar refractivity (Wildman–Crippen MR) is 55.9 cm³/mol. The molecule has 1 heterocycles. The van der Waals surface area contributed by atoms with Crippen molar-refractivity contribution in [2.75, 3.05) is 39.4 Å². The Balaban J connectivity index is 2.53. The van der Waals surface area contributed by atoms with Crippen LogP contribution in [-0.4, -0.2) is 63.2 Å². The van der Waals surface area contributed by atoms with Crippen LogP contribution in [0, 0.1) is 0 Å². The van der Waals surface area contributed by atoms with Crippen molar-refractivity contribution in [1.29, 1.82) is 0 Å². The molecule has 0 aromatic rings. The van der Waals surface area contributed by atoms with E-state index in [0.717, 1.165) is 13.1 Å². The van der Waals surface area contributed by atoms with Gasteiger partial charge in [0.25, 0.3) is 10.1 Å². The van der Waals surface area contributed by atoms with Crippen molar-refractivity contribution >= 4 is 10.1 Å². The molecular formula is C8H18N2O4S. The minimum atomic E-state index is -3.58. The molecule has 0 bridgehead atoms. The summed E-state index contributed by atoms with van der Waals surface area (Å²) in [6.45, 7) is 4.13. The third-order valence-electron chi connectivity index (χ3n) is 2.42. The summed E-state index contributed by atoms with van der Waals surface area (Å²) in [5.74, 6) is 0. The minimum absolute atomic E-state index is 0.168. The number of piperazine rings is 1. The van der Waals surface area contributed by atoms with Crippen molar-refractivity contribution in [3.63, 3.8) is 0 Å². The molecule has 0 aromatic heterocycles. The fraction of sp³-hybridized carbons (Fsp3) is 1.00. The number of aliphatic hydroxyl groups excluding tert-OH is 1. The maximum Gasteiger partial charge on any atom is 0.283 e. The normalized spacial score (nSPS) is 21.5. The second-order valence-corrected chi connectivity index (χ2v) is 5.33. The van der Waals surface area contributed by atoms with Gasteiger partial charge in [0.1, 0.15) is 5.37 Å². The summed E-state index contributed by atoms with van der Waals surface area (Å²) in [5, 5.41) is 11.0. The van der Waals surface area contributed by atoms with Crippen LogP contribution >= 0.6 is 0 Å². The first-order valence-corrected chi connectivity index (χ1v) is 6.49. The Morgan fingerprint density at radius 3 is 2.60 bits per heavy atom. The molecule has 2 N–H and O–H groups in total. The lowest BCUT2D eigenvalue weighted by molar-refractivity contribution is 0.181. The van der Waals surface area contributed by atoms with Crippen LogP contribution in [0.2, 0.25) is 0 Å². The molecule has 1 aliphatic heterocycles. The fourth-order valence-electron chi connectivity index (χ4n) is 1.48. The van der Waals surface area contributed by atoms with Crippen molar-refractivity contribution in [2.45, 2.75) is 12.3 Å². The molecule has 1 saturated heterocycles. The van der Waals surface area contributed by atoms with E-state index < -0.39 is 15.5 Å². The van der Waals surface area contributed by atoms with E-state index >= 15 is 0 Å². The minimum Gasteiger partial charge on any atom is -0.394 e. The number of aliphatic hydroxyl groups is 1. The molecule has 1 aliphatic rings. The highest BCUT2D eigenvalue weighted by Crippen LogP contribution is 2.10. The molecule has 1 fully saturated rings. The first-order valence-electron chi connectivity index (χ1n) is 5.02. The van der Waals surface area contributed by atoms with Gasteiger partial charge in [-0.25, -0.2) is 0 Å². The number of rotatable bonds is 5. The van der Waals surface area contributed by atoms with Crippen molar-refractivity contribution < 1.29 is 17.7 Å². The van der Waals surface area contributed by atoms with E-state index in [1.54, 1.807) is 6.92 Å². The van der Waals surface area contributed by atoms with Gasteiger partial charge >= 0.3 is 0 Å². The second-order valence-electron chi connectivity index (χ2n) is 3.42. The van der Waals surface area contributed by atoms with Crippen LogP contribution in [0.5, 0.6) is 0 Å². The summed E-state index contributed by atoms with van der Waals surface area (Å²) in [5.41, 5.74) is 0. The molecule has 0 spiro atoms. The molecule has 7 heteroatoms. The van der Waals surface area contributed by atoms with Crippen LogP contribution in [0.3, 0.4) is 0 Å². The summed E-state index contributed by atoms with van der Waals surface area (Å²) < 4.78 is 27.8. The average Bonchev–Trinajstić information content (AvgIpc) is 2.26. The summed E-state index contributed by atoms with van der Waals surface area (Å²) in [4.78, 5) is 1.85. The van der Waals surface area contributed by atoms with E-state index in [9.17, 15) is 8.42 Å². The van der Waals surface area contributed by atoms with Crippen molar-refractivity contribution in [2.24, 2.45) is 0 Å². The van der Waals surface area contributed by atoms with E-state index in [2.05, 4.69) is 9.50 Å². The van der Waals surface area contributed by atoms with Gasteiger partial charge in [-0.2, -0.15) is 8.42 Å². The molecule has 1 unspecified atom stereocenters. The van der Waals surface area contributed by atoms with Crippen molar-refractivity contribution in [3.05, 3.63) is 0 Å². The third-order valence-corrected chi connectivity index (χ3v) is 4.05. The Bertz CT molecular complexity index is 274. The van der Waals surface area contributed by atoms with Crippen LogP contribution < -0.4 is 5.32 Å². The summed E-state index contributed by atoms with van der Waals surface area (Å²) in [7, 11) is -3.58. The van der Waals surface area contributed by atoms with Gasteiger partial charge in [0, 0.05) is 26.2 Å². The Labute approximate surface area is 90.3 Å². The van der Waals surface area contributed by atoms with Gasteiger partial charge in [-0.05, 0) is 6.92 Å². The fourth-order valence-corrected chi connectivity index (χ4v) is 2.56. The highest BCUT2D eigenvalue weighted by molar-refractivity contribution is 7.87. The van der Waals surface area contributed by atoms with E-state index in [0.29, 0.717) is 13.1 Å². The maximum absolute atomic E-state index is 11.6. The summed E-state index contributed by atoms with van der Waals surface area (Å²) in [6, 6.07) is 0. The molecule has 0 radical (unpaired) electrons. The maximum atomic E-state index is 11.6. The monoisotopic (exact) mass is 238 g/mol. The zero-order valence-corrected chi connectivity index (χ0v) is 9.66. The standard InChI is InChI=1S/C8H18N2O4S/c1-8(10-4-2-9-3-5-10)15(12,13)14-7-6-11/h8-9,11H,2-7H2,1H3. The van der Waals surface area contributed by atoms with E-state index in [4.69, 9.17) is 5.11 Å². The van der Waals surface area contributed by atoms with Crippen LogP contribution in [0.15, 0.2) is 0 Å². The molecular weight excluding hydrogens is 220 g/mol. The highest BCUT2D eigenvalue weighted by atomic mass is 32.2. The van der Waals surface area contributed by atoms with Gasteiger partial charge in [-0.1, -0.05) is 0 Å². The van der Waals surface area contributed by atoms with E-state index in [1.807, 2.05) is 4.90 Å². The predicted octanol–water partition coefficient (Wildman–Crippen LogP) is -1.42. The van der Waals surface area contributed by atoms with Gasteiger partial charge in [0.2, 0.25) is 0 Å². The lowest BCUT2D eigenvalue weighted by Crippen LogP contribution is -2.50. The Morgan fingerprint density at radius 2 is 2.07 bits per heavy atom. The first-order chi connectivity index (χ1) is 7.08. The van der Waals surface area contributed by atoms with Crippen LogP contribution in [-0.2, 0) is 14.3 Å². The van der Waals surface area contributed by atoms with Crippen LogP contribution in [0.25, 0.3) is 0 Å². The highest BCUT2D eigenvalue weighted by Gasteiger charge is 2.28. The molecule has 0 aliphatic carbocycles. The quantitative estimate of drug-likeness (QED) is 0.572. The molecule has 0 amide bonds. The number of hydrogen-bond acceptors (Lipinski definition) is 6. The topological polar surface area (TPSA) is 78.9 Å². The third kappa shape index (κ3) is 3.69. The molecule has 6 nitrogen and oxygen atoms in total. The molecule has 15 heavy (non-hydrogen) atoms. The molecule has 0 saturated carbocycles. The molecule has 0 aromatic carbocycles. The second kappa shape index (κ2) is 5.76. The Kier molecular flexibility index (Phi) is 4.94. The smallest absolute Gasteiger partial charge is 0.283 e. The summed E-state index contributed by atoms with van der Waals surface area (Å²) >= 11 is 0. The van der Waals surface area contributed by atoms with Crippen molar-refractivity contribution in [3.8, 4) is 0 Å². The van der Waals surface area contributed by atoms with Crippen molar-refractivity contribution in [1.82, 2.24) is 10.2 Å². The van der Waals surface area contributed by atoms with Gasteiger partial charge < -0.3 is 10.4 Å². The Hall–Kier alpha value is -0.210. The van der Waals surface area contributed by atoms with Crippen LogP contribution in [0.1, 0.15) is 6.92 Å². The number of nitrogens with one attached hydrogen (secondary N) is 1. The first kappa shape index (κ1) is 12.9. The van der Waals surface area contributed by atoms with Gasteiger partial charge in [-0.3, -0.25) is 9.08 Å². The molecule has 1 atom stereocenters. The summed E-state index contributed by atoms with van der Waals surface area (Å²) in [6.07, 6.45) is 0. The number of nitrogens with zero attached hydrogens (tertiary/aromatic N) is 1. The average molecular weight is 238 g/mol. The van der Waals surface area contributed by atoms with Gasteiger partial charge in [0.05, 0.1) is 13.2 Å².